The minimum atomic E-state index is -3.97. The fraction of sp³-hybridized carbons (Fsp3) is 0.318. The zero-order chi connectivity index (χ0) is 23.2. The van der Waals surface area contributed by atoms with Crippen LogP contribution in [0, 0.1) is 5.92 Å². The number of nitrogens with zero attached hydrogens (tertiary/aromatic N) is 2. The van der Waals surface area contributed by atoms with Gasteiger partial charge in [-0.3, -0.25) is 18.7 Å². The van der Waals surface area contributed by atoms with E-state index in [1.807, 2.05) is 0 Å². The zero-order valence-electron chi connectivity index (χ0n) is 17.3. The molecule has 10 heteroatoms. The van der Waals surface area contributed by atoms with E-state index >= 15 is 0 Å². The van der Waals surface area contributed by atoms with Gasteiger partial charge in [0.15, 0.2) is 0 Å². The van der Waals surface area contributed by atoms with E-state index in [2.05, 4.69) is 0 Å². The molecule has 3 unspecified atom stereocenters. The summed E-state index contributed by atoms with van der Waals surface area (Å²) >= 11 is 0. The van der Waals surface area contributed by atoms with Crippen molar-refractivity contribution in [2.75, 3.05) is 15.7 Å². The highest BCUT2D eigenvalue weighted by Gasteiger charge is 2.40. The summed E-state index contributed by atoms with van der Waals surface area (Å²) in [6, 6.07) is 12.1. The van der Waals surface area contributed by atoms with E-state index < -0.39 is 39.8 Å². The lowest BCUT2D eigenvalue weighted by Gasteiger charge is -2.38. The summed E-state index contributed by atoms with van der Waals surface area (Å²) in [4.78, 5) is 36.7. The summed E-state index contributed by atoms with van der Waals surface area (Å²) in [5, 5.41) is 9.16. The van der Waals surface area contributed by atoms with Gasteiger partial charge in [0, 0.05) is 24.7 Å². The summed E-state index contributed by atoms with van der Waals surface area (Å²) in [7, 11) is -3.97. The van der Waals surface area contributed by atoms with Crippen LogP contribution < -0.4 is 14.9 Å². The third-order valence-electron chi connectivity index (χ3n) is 6.05. The molecular formula is C22H23N3O6S. The van der Waals surface area contributed by atoms with Crippen LogP contribution in [0.5, 0.6) is 0 Å². The van der Waals surface area contributed by atoms with E-state index in [0.29, 0.717) is 16.9 Å². The van der Waals surface area contributed by atoms with E-state index in [9.17, 15) is 22.8 Å². The number of carboxylic acids is 1. The lowest BCUT2D eigenvalue weighted by molar-refractivity contribution is -0.141. The van der Waals surface area contributed by atoms with Crippen molar-refractivity contribution < 1.29 is 27.9 Å². The first-order chi connectivity index (χ1) is 15.1. The molecule has 9 nitrogen and oxygen atoms in total. The van der Waals surface area contributed by atoms with Crippen molar-refractivity contribution in [1.82, 2.24) is 0 Å². The molecule has 2 aromatic rings. The first-order valence-electron chi connectivity index (χ1n) is 10.2. The number of carboxylic acid groups (broad SMARTS) is 1. The number of carbonyl (C=O) groups is 3. The number of hydrogen-bond donors (Lipinski definition) is 2. The number of primary amides is 1. The van der Waals surface area contributed by atoms with E-state index in [0.717, 1.165) is 0 Å². The number of sulfonamides is 1. The Morgan fingerprint density at radius 1 is 1.09 bits per heavy atom. The molecule has 2 aromatic carbocycles. The molecule has 1 fully saturated rings. The average Bonchev–Trinajstić information content (AvgIpc) is 3.15. The van der Waals surface area contributed by atoms with Gasteiger partial charge in [0.2, 0.25) is 11.8 Å². The van der Waals surface area contributed by atoms with E-state index in [1.54, 1.807) is 31.2 Å². The monoisotopic (exact) mass is 457 g/mol. The summed E-state index contributed by atoms with van der Waals surface area (Å²) in [5.41, 5.74) is 6.98. The number of carbonyl (C=O) groups excluding carboxylic acids is 2. The van der Waals surface area contributed by atoms with Crippen LogP contribution in [0.25, 0.3) is 0 Å². The molecule has 2 amide bonds. The van der Waals surface area contributed by atoms with Crippen LogP contribution in [0.15, 0.2) is 53.4 Å². The molecule has 0 aromatic heterocycles. The Morgan fingerprint density at radius 2 is 1.75 bits per heavy atom. The van der Waals surface area contributed by atoms with Gasteiger partial charge in [-0.05, 0) is 49.2 Å². The minimum absolute atomic E-state index is 0.0295. The van der Waals surface area contributed by atoms with Crippen LogP contribution >= 0.6 is 0 Å². The van der Waals surface area contributed by atoms with Gasteiger partial charge in [-0.25, -0.2) is 8.42 Å². The quantitative estimate of drug-likeness (QED) is 0.701. The summed E-state index contributed by atoms with van der Waals surface area (Å²) in [5.74, 6) is -3.20. The Labute approximate surface area is 185 Å². The third-order valence-corrected chi connectivity index (χ3v) is 7.99. The number of para-hydroxylation sites is 1. The fourth-order valence-electron chi connectivity index (χ4n) is 4.45. The predicted molar refractivity (Wildman–Crippen MR) is 117 cm³/mol. The maximum absolute atomic E-state index is 13.5. The standard InChI is InChI=1S/C22H23N3O6S/c1-13-10-18(21(23)27)17-4-2-3-5-19(17)25(13)32(30,31)16-8-6-15(7-9-16)24-12-14(22(28)29)11-20(24)26/h2-9,13-14,18H,10-12H2,1H3,(H2,23,27)(H,28,29). The van der Waals surface area contributed by atoms with Crippen LogP contribution in [0.2, 0.25) is 0 Å². The zero-order valence-corrected chi connectivity index (χ0v) is 18.2. The molecule has 2 aliphatic rings. The molecule has 168 valence electrons. The van der Waals surface area contributed by atoms with Crippen LogP contribution in [0.3, 0.4) is 0 Å². The Bertz CT molecular complexity index is 1190. The van der Waals surface area contributed by atoms with Gasteiger partial charge in [-0.2, -0.15) is 0 Å². The highest BCUT2D eigenvalue weighted by atomic mass is 32.2. The maximum Gasteiger partial charge on any atom is 0.308 e. The topological polar surface area (TPSA) is 138 Å². The molecule has 0 radical (unpaired) electrons. The van der Waals surface area contributed by atoms with Crippen molar-refractivity contribution in [2.24, 2.45) is 11.7 Å². The highest BCUT2D eigenvalue weighted by molar-refractivity contribution is 7.92. The van der Waals surface area contributed by atoms with Gasteiger partial charge < -0.3 is 15.7 Å². The van der Waals surface area contributed by atoms with Crippen molar-refractivity contribution in [3.8, 4) is 0 Å². The number of fused-ring (bicyclic) bond motifs is 1. The first kappa shape index (κ1) is 21.8. The smallest absolute Gasteiger partial charge is 0.308 e. The molecule has 0 aliphatic carbocycles. The molecule has 2 heterocycles. The predicted octanol–water partition coefficient (Wildman–Crippen LogP) is 1.68. The maximum atomic E-state index is 13.5. The van der Waals surface area contributed by atoms with Gasteiger partial charge in [-0.1, -0.05) is 18.2 Å². The molecule has 3 atom stereocenters. The average molecular weight is 458 g/mol. The molecule has 3 N–H and O–H groups in total. The number of amides is 2. The van der Waals surface area contributed by atoms with Crippen LogP contribution in [0.1, 0.15) is 31.2 Å². The van der Waals surface area contributed by atoms with Crippen molar-refractivity contribution in [3.63, 3.8) is 0 Å². The molecular weight excluding hydrogens is 434 g/mol. The third kappa shape index (κ3) is 3.60. The molecule has 0 spiro atoms. The van der Waals surface area contributed by atoms with Crippen LogP contribution in [0.4, 0.5) is 11.4 Å². The molecule has 32 heavy (non-hydrogen) atoms. The largest absolute Gasteiger partial charge is 0.481 e. The minimum Gasteiger partial charge on any atom is -0.481 e. The number of aliphatic carboxylic acids is 1. The van der Waals surface area contributed by atoms with E-state index in [-0.39, 0.29) is 30.2 Å². The number of rotatable bonds is 5. The number of benzene rings is 2. The number of anilines is 2. The van der Waals surface area contributed by atoms with E-state index in [4.69, 9.17) is 10.8 Å². The van der Waals surface area contributed by atoms with Crippen molar-refractivity contribution in [2.45, 2.75) is 36.6 Å². The van der Waals surface area contributed by atoms with Gasteiger partial charge in [0.25, 0.3) is 10.0 Å². The van der Waals surface area contributed by atoms with Gasteiger partial charge in [-0.15, -0.1) is 0 Å². The summed E-state index contributed by atoms with van der Waals surface area (Å²) in [6.07, 6.45) is 0.182. The van der Waals surface area contributed by atoms with Crippen molar-refractivity contribution in [1.29, 1.82) is 0 Å². The van der Waals surface area contributed by atoms with Crippen molar-refractivity contribution >= 4 is 39.2 Å². The Balaban J connectivity index is 1.67. The lowest BCUT2D eigenvalue weighted by atomic mass is 9.87. The van der Waals surface area contributed by atoms with Crippen LogP contribution in [-0.2, 0) is 24.4 Å². The highest BCUT2D eigenvalue weighted by Crippen LogP contribution is 2.41. The fourth-order valence-corrected chi connectivity index (χ4v) is 6.15. The van der Waals surface area contributed by atoms with Gasteiger partial charge >= 0.3 is 5.97 Å². The second kappa shape index (κ2) is 7.94. The van der Waals surface area contributed by atoms with Gasteiger partial charge in [0.1, 0.15) is 0 Å². The normalized spacial score (nSPS) is 23.2. The Kier molecular flexibility index (Phi) is 5.41. The van der Waals surface area contributed by atoms with E-state index in [1.165, 1.54) is 33.5 Å². The number of nitrogens with two attached hydrogens (primary N) is 1. The van der Waals surface area contributed by atoms with Gasteiger partial charge in [0.05, 0.1) is 22.4 Å². The Morgan fingerprint density at radius 3 is 2.34 bits per heavy atom. The SMILES string of the molecule is CC1CC(C(N)=O)c2ccccc2N1S(=O)(=O)c1ccc(N2CC(C(=O)O)CC2=O)cc1. The molecule has 1 saturated heterocycles. The second-order valence-corrected chi connectivity index (χ2v) is 9.95. The lowest BCUT2D eigenvalue weighted by Crippen LogP contribution is -2.45. The molecule has 4 rings (SSSR count). The molecule has 0 bridgehead atoms. The molecule has 0 saturated carbocycles. The Hall–Kier alpha value is -3.40. The molecule has 2 aliphatic heterocycles. The van der Waals surface area contributed by atoms with Crippen molar-refractivity contribution in [3.05, 3.63) is 54.1 Å². The number of hydrogen-bond acceptors (Lipinski definition) is 5. The first-order valence-corrected chi connectivity index (χ1v) is 11.6. The van der Waals surface area contributed by atoms with Crippen LogP contribution in [-0.4, -0.2) is 43.9 Å². The second-order valence-electron chi connectivity index (χ2n) is 8.14. The summed E-state index contributed by atoms with van der Waals surface area (Å²) in [6.45, 7) is 1.78. The summed E-state index contributed by atoms with van der Waals surface area (Å²) < 4.78 is 28.4.